The van der Waals surface area contributed by atoms with Crippen LogP contribution < -0.4 is 30.4 Å². The molecule has 0 atom stereocenters. The minimum absolute atomic E-state index is 0. The van der Waals surface area contributed by atoms with Crippen molar-refractivity contribution in [3.8, 4) is 23.0 Å². The normalized spacial score (nSPS) is 12.2. The Bertz CT molecular complexity index is 2010. The van der Waals surface area contributed by atoms with Crippen molar-refractivity contribution < 1.29 is 18.9 Å². The van der Waals surface area contributed by atoms with Crippen LogP contribution in [0.5, 0.6) is 23.0 Å². The summed E-state index contributed by atoms with van der Waals surface area (Å²) in [6.45, 7) is 0.560. The number of hydrogen-bond acceptors (Lipinski definition) is 13. The van der Waals surface area contributed by atoms with Crippen molar-refractivity contribution in [2.75, 3.05) is 25.1 Å². The van der Waals surface area contributed by atoms with Gasteiger partial charge < -0.3 is 45.4 Å². The minimum Gasteiger partial charge on any atom is -0.454 e. The molecule has 2 aromatic carbocycles. The van der Waals surface area contributed by atoms with E-state index >= 15 is 0 Å². The molecule has 6 aromatic rings. The number of H-pyrrole nitrogens is 3. The third kappa shape index (κ3) is 6.85. The van der Waals surface area contributed by atoms with E-state index in [1.165, 1.54) is 24.4 Å². The molecule has 6 heterocycles. The average Bonchev–Trinajstić information content (AvgIpc) is 3.77. The maximum absolute atomic E-state index is 5.79. The molecule has 0 saturated carbocycles. The highest BCUT2D eigenvalue weighted by molar-refractivity contribution is 9.13. The second kappa shape index (κ2) is 13.6. The number of nitrogens with zero attached hydrogens (tertiary/aromatic N) is 5. The molecule has 0 aliphatic carbocycles. The quantitative estimate of drug-likeness (QED) is 0.115. The molecule has 7 N–H and O–H groups in total. The first-order valence-electron chi connectivity index (χ1n) is 11.9. The zero-order chi connectivity index (χ0) is 30.1. The van der Waals surface area contributed by atoms with E-state index in [1.54, 1.807) is 0 Å². The van der Waals surface area contributed by atoms with Gasteiger partial charge in [-0.05, 0) is 84.3 Å². The standard InChI is InChI=1S/C12H8BrN5O2S.C7H4Br2O2.C5H5N5S.CH4/c13-5-1-6-7(20-4-19-6)2-8(5)21-12-17-9-10(14)15-3-16-11(9)18-12;8-4-1-6-7(2-5(4)9)11-3-10-6;6-3-2-4(8-1-7-3)10-5(11)9-2;/h1-3H,4H2,(H3,14,15,16,17,18);1-2H,3H2;1H,(H4,6,7,8,9,10,11);1H4. The SMILES string of the molecule is Brc1cc2c(cc1Br)OCO2.C.Nc1ncnc2[nH]c(=S)[nH]c12.Nc1ncnc2nc(Sc3cc4c(cc3Br)OCO4)[nH]c12. The molecule has 2 aliphatic rings. The summed E-state index contributed by atoms with van der Waals surface area (Å²) >= 11 is 16.5. The van der Waals surface area contributed by atoms with Crippen molar-refractivity contribution in [3.63, 3.8) is 0 Å². The third-order valence-corrected chi connectivity index (χ3v) is 9.60. The summed E-state index contributed by atoms with van der Waals surface area (Å²) in [5, 5.41) is 0.678. The lowest BCUT2D eigenvalue weighted by Gasteiger charge is -2.03. The van der Waals surface area contributed by atoms with E-state index in [4.69, 9.17) is 42.6 Å². The Morgan fingerprint density at radius 1 is 0.705 bits per heavy atom. The van der Waals surface area contributed by atoms with Gasteiger partial charge in [0.15, 0.2) is 55.9 Å². The first-order chi connectivity index (χ1) is 20.7. The number of anilines is 2. The molecule has 0 unspecified atom stereocenters. The van der Waals surface area contributed by atoms with Crippen LogP contribution in [0.15, 0.2) is 60.4 Å². The van der Waals surface area contributed by atoms with Gasteiger partial charge in [0.25, 0.3) is 0 Å². The molecule has 0 amide bonds. The number of nitrogens with one attached hydrogen (secondary N) is 3. The van der Waals surface area contributed by atoms with E-state index in [1.807, 2.05) is 24.3 Å². The topological polar surface area (TPSA) is 201 Å². The minimum atomic E-state index is 0. The lowest BCUT2D eigenvalue weighted by atomic mass is 10.3. The van der Waals surface area contributed by atoms with Crippen LogP contribution in [-0.4, -0.2) is 53.5 Å². The fraction of sp³-hybridized carbons (Fsp3) is 0.120. The van der Waals surface area contributed by atoms with Gasteiger partial charge in [0.1, 0.15) is 23.7 Å². The molecule has 4 aromatic heterocycles. The maximum atomic E-state index is 5.79. The van der Waals surface area contributed by atoms with Crippen LogP contribution in [0, 0.1) is 4.77 Å². The zero-order valence-corrected chi connectivity index (χ0v) is 27.7. The Kier molecular flexibility index (Phi) is 9.78. The number of aromatic amines is 3. The number of nitrogens with two attached hydrogens (primary N) is 2. The first kappa shape index (κ1) is 31.8. The lowest BCUT2D eigenvalue weighted by molar-refractivity contribution is 0.173. The van der Waals surface area contributed by atoms with Gasteiger partial charge in [-0.2, -0.15) is 0 Å². The van der Waals surface area contributed by atoms with E-state index in [0.29, 0.717) is 50.7 Å². The fourth-order valence-electron chi connectivity index (χ4n) is 3.72. The summed E-state index contributed by atoms with van der Waals surface area (Å²) in [4.78, 5) is 29.8. The van der Waals surface area contributed by atoms with Crippen molar-refractivity contribution in [1.82, 2.24) is 39.9 Å². The van der Waals surface area contributed by atoms with Crippen LogP contribution in [0.4, 0.5) is 11.6 Å². The smallest absolute Gasteiger partial charge is 0.231 e. The van der Waals surface area contributed by atoms with Crippen molar-refractivity contribution in [2.24, 2.45) is 0 Å². The average molecular weight is 829 g/mol. The van der Waals surface area contributed by atoms with Gasteiger partial charge in [-0.25, -0.2) is 24.9 Å². The second-order valence-electron chi connectivity index (χ2n) is 8.42. The Labute approximate surface area is 283 Å². The highest BCUT2D eigenvalue weighted by Crippen LogP contribution is 2.42. The Balaban J connectivity index is 0.000000142. The largest absolute Gasteiger partial charge is 0.454 e. The van der Waals surface area contributed by atoms with Gasteiger partial charge in [-0.1, -0.05) is 19.2 Å². The van der Waals surface area contributed by atoms with E-state index in [0.717, 1.165) is 41.3 Å². The molecule has 19 heteroatoms. The van der Waals surface area contributed by atoms with Crippen molar-refractivity contribution in [1.29, 1.82) is 0 Å². The van der Waals surface area contributed by atoms with Crippen LogP contribution in [-0.2, 0) is 0 Å². The number of rotatable bonds is 2. The Morgan fingerprint density at radius 2 is 1.25 bits per heavy atom. The molecule has 2 aliphatic heterocycles. The summed E-state index contributed by atoms with van der Waals surface area (Å²) in [6.07, 6.45) is 2.78. The van der Waals surface area contributed by atoms with Crippen molar-refractivity contribution in [3.05, 3.63) is 55.1 Å². The van der Waals surface area contributed by atoms with Crippen molar-refractivity contribution >= 4 is 106 Å². The molecular weight excluding hydrogens is 808 g/mol. The van der Waals surface area contributed by atoms with Gasteiger partial charge in [0.2, 0.25) is 13.6 Å². The van der Waals surface area contributed by atoms with Gasteiger partial charge in [0.05, 0.1) is 0 Å². The van der Waals surface area contributed by atoms with Gasteiger partial charge in [-0.3, -0.25) is 0 Å². The molecule has 0 spiro atoms. The van der Waals surface area contributed by atoms with E-state index < -0.39 is 0 Å². The second-order valence-corrected chi connectivity index (χ2v) is 12.4. The van der Waals surface area contributed by atoms with Crippen LogP contribution in [0.2, 0.25) is 0 Å². The molecule has 0 radical (unpaired) electrons. The van der Waals surface area contributed by atoms with Gasteiger partial charge in [-0.15, -0.1) is 0 Å². The van der Waals surface area contributed by atoms with Crippen molar-refractivity contribution in [2.45, 2.75) is 17.5 Å². The van der Waals surface area contributed by atoms with E-state index in [9.17, 15) is 0 Å². The van der Waals surface area contributed by atoms with Gasteiger partial charge in [0, 0.05) is 18.3 Å². The number of halogens is 3. The number of benzene rings is 2. The summed E-state index contributed by atoms with van der Waals surface area (Å²) in [5.41, 5.74) is 13.8. The first-order valence-corrected chi connectivity index (χ1v) is 15.5. The summed E-state index contributed by atoms with van der Waals surface area (Å²) in [5.74, 6) is 3.81. The molecule has 228 valence electrons. The Hall–Kier alpha value is -3.65. The molecule has 0 bridgehead atoms. The number of hydrogen-bond donors (Lipinski definition) is 5. The number of fused-ring (bicyclic) bond motifs is 4. The molecule has 8 rings (SSSR count). The van der Waals surface area contributed by atoms with Crippen LogP contribution >= 0.6 is 71.8 Å². The fourth-order valence-corrected chi connectivity index (χ4v) is 5.94. The van der Waals surface area contributed by atoms with E-state index in [2.05, 4.69) is 87.7 Å². The predicted octanol–water partition coefficient (Wildman–Crippen LogP) is 6.75. The zero-order valence-electron chi connectivity index (χ0n) is 21.4. The molecular formula is C25H21Br3N10O4S2. The highest BCUT2D eigenvalue weighted by atomic mass is 79.9. The summed E-state index contributed by atoms with van der Waals surface area (Å²) in [7, 11) is 0. The molecule has 0 fully saturated rings. The predicted molar refractivity (Wildman–Crippen MR) is 179 cm³/mol. The lowest BCUT2D eigenvalue weighted by Crippen LogP contribution is -1.92. The summed E-state index contributed by atoms with van der Waals surface area (Å²) in [6, 6.07) is 7.54. The number of ether oxygens (including phenoxy) is 4. The molecule has 44 heavy (non-hydrogen) atoms. The number of nitrogen functional groups attached to an aromatic ring is 2. The number of imidazole rings is 2. The van der Waals surface area contributed by atoms with Gasteiger partial charge >= 0.3 is 0 Å². The van der Waals surface area contributed by atoms with Crippen LogP contribution in [0.25, 0.3) is 22.3 Å². The number of aromatic nitrogens is 8. The monoisotopic (exact) mass is 826 g/mol. The van der Waals surface area contributed by atoms with E-state index in [-0.39, 0.29) is 14.2 Å². The van der Waals surface area contributed by atoms with Crippen LogP contribution in [0.3, 0.4) is 0 Å². The molecule has 0 saturated heterocycles. The van der Waals surface area contributed by atoms with Crippen LogP contribution in [0.1, 0.15) is 7.43 Å². The summed E-state index contributed by atoms with van der Waals surface area (Å²) < 4.78 is 24.4. The maximum Gasteiger partial charge on any atom is 0.231 e. The highest BCUT2D eigenvalue weighted by Gasteiger charge is 2.18. The molecule has 14 nitrogen and oxygen atoms in total. The third-order valence-electron chi connectivity index (χ3n) is 5.69. The Morgan fingerprint density at radius 3 is 1.84 bits per heavy atom.